The van der Waals surface area contributed by atoms with Crippen molar-refractivity contribution in [3.05, 3.63) is 35.4 Å². The number of hydrogen-bond acceptors (Lipinski definition) is 2. The van der Waals surface area contributed by atoms with Crippen LogP contribution in [-0.2, 0) is 0 Å². The Labute approximate surface area is 74.1 Å². The molecule has 0 radical (unpaired) electrons. The molecule has 12 heavy (non-hydrogen) atoms. The van der Waals surface area contributed by atoms with Crippen LogP contribution in [0.25, 0.3) is 0 Å². The lowest BCUT2D eigenvalue weighted by molar-refractivity contribution is 0.100. The molecule has 2 N–H and O–H groups in total. The molecule has 1 aromatic rings. The lowest BCUT2D eigenvalue weighted by atomic mass is 10.1. The summed E-state index contributed by atoms with van der Waals surface area (Å²) in [4.78, 5) is 21.3. The largest absolute Gasteiger partial charge is 0.366 e. The monoisotopic (exact) mass is 183 g/mol. The lowest BCUT2D eigenvalue weighted by Crippen LogP contribution is -2.11. The Hall–Kier alpha value is -1.35. The Bertz CT molecular complexity index is 306. The molecule has 0 spiro atoms. The average molecular weight is 184 g/mol. The Kier molecular flexibility index (Phi) is 2.45. The fraction of sp³-hybridized carbons (Fsp3) is 0. The van der Waals surface area contributed by atoms with Crippen LogP contribution >= 0.6 is 11.6 Å². The number of rotatable bonds is 2. The van der Waals surface area contributed by atoms with Gasteiger partial charge in [0.15, 0.2) is 0 Å². The van der Waals surface area contributed by atoms with E-state index < -0.39 is 11.1 Å². The molecule has 0 aliphatic heterocycles. The van der Waals surface area contributed by atoms with Crippen LogP contribution in [0.1, 0.15) is 20.7 Å². The van der Waals surface area contributed by atoms with Crippen LogP contribution < -0.4 is 5.73 Å². The summed E-state index contributed by atoms with van der Waals surface area (Å²) in [7, 11) is 0. The van der Waals surface area contributed by atoms with Gasteiger partial charge in [-0.05, 0) is 23.7 Å². The third kappa shape index (κ3) is 1.83. The highest BCUT2D eigenvalue weighted by Gasteiger charge is 2.04. The minimum atomic E-state index is -0.599. The van der Waals surface area contributed by atoms with Gasteiger partial charge in [0.2, 0.25) is 5.91 Å². The van der Waals surface area contributed by atoms with Gasteiger partial charge in [-0.15, -0.1) is 0 Å². The topological polar surface area (TPSA) is 60.2 Å². The van der Waals surface area contributed by atoms with E-state index in [1.54, 1.807) is 6.07 Å². The number of carbonyl (C=O) groups is 2. The summed E-state index contributed by atoms with van der Waals surface area (Å²) in [6, 6.07) is 5.95. The Morgan fingerprint density at radius 1 is 1.25 bits per heavy atom. The molecule has 0 saturated heterocycles. The molecule has 0 fully saturated rings. The van der Waals surface area contributed by atoms with Gasteiger partial charge < -0.3 is 5.73 Å². The highest BCUT2D eigenvalue weighted by atomic mass is 35.5. The van der Waals surface area contributed by atoms with Crippen LogP contribution in [0.2, 0.25) is 0 Å². The first kappa shape index (κ1) is 8.74. The van der Waals surface area contributed by atoms with Crippen molar-refractivity contribution in [1.82, 2.24) is 0 Å². The van der Waals surface area contributed by atoms with Crippen LogP contribution in [0.3, 0.4) is 0 Å². The van der Waals surface area contributed by atoms with Crippen molar-refractivity contribution in [2.45, 2.75) is 0 Å². The van der Waals surface area contributed by atoms with Crippen molar-refractivity contribution in [2.24, 2.45) is 5.73 Å². The van der Waals surface area contributed by atoms with Gasteiger partial charge >= 0.3 is 0 Å². The first-order valence-electron chi connectivity index (χ1n) is 3.21. The van der Waals surface area contributed by atoms with Gasteiger partial charge in [-0.25, -0.2) is 0 Å². The molecule has 0 aliphatic rings. The molecule has 4 heteroatoms. The second kappa shape index (κ2) is 3.36. The van der Waals surface area contributed by atoms with E-state index in [0.717, 1.165) is 0 Å². The normalized spacial score (nSPS) is 9.42. The molecule has 62 valence electrons. The summed E-state index contributed by atoms with van der Waals surface area (Å²) in [5.74, 6) is -0.574. The lowest BCUT2D eigenvalue weighted by Gasteiger charge is -1.96. The summed E-state index contributed by atoms with van der Waals surface area (Å²) in [6.45, 7) is 0. The van der Waals surface area contributed by atoms with Crippen LogP contribution in [0.15, 0.2) is 24.3 Å². The average Bonchev–Trinajstić information content (AvgIpc) is 2.04. The third-order valence-corrected chi connectivity index (χ3v) is 1.59. The molecule has 1 aromatic carbocycles. The summed E-state index contributed by atoms with van der Waals surface area (Å²) in [5.41, 5.74) is 5.54. The highest BCUT2D eigenvalue weighted by Crippen LogP contribution is 2.06. The molecule has 0 bridgehead atoms. The second-order valence-electron chi connectivity index (χ2n) is 2.22. The Morgan fingerprint density at radius 3 is 2.33 bits per heavy atom. The zero-order valence-electron chi connectivity index (χ0n) is 6.08. The predicted octanol–water partition coefficient (Wildman–Crippen LogP) is 1.16. The zero-order valence-corrected chi connectivity index (χ0v) is 6.84. The van der Waals surface area contributed by atoms with E-state index in [4.69, 9.17) is 17.3 Å². The smallest absolute Gasteiger partial charge is 0.252 e. The molecule has 0 heterocycles. The second-order valence-corrected chi connectivity index (χ2v) is 2.56. The number of nitrogens with two attached hydrogens (primary N) is 1. The predicted molar refractivity (Wildman–Crippen MR) is 45.1 cm³/mol. The van der Waals surface area contributed by atoms with Gasteiger partial charge in [0, 0.05) is 11.1 Å². The molecule has 1 amide bonds. The van der Waals surface area contributed by atoms with Crippen molar-refractivity contribution in [3.63, 3.8) is 0 Å². The fourth-order valence-electron chi connectivity index (χ4n) is 0.795. The number of hydrogen-bond donors (Lipinski definition) is 1. The van der Waals surface area contributed by atoms with E-state index in [9.17, 15) is 9.59 Å². The maximum atomic E-state index is 10.6. The third-order valence-electron chi connectivity index (χ3n) is 1.37. The summed E-state index contributed by atoms with van der Waals surface area (Å²) in [6.07, 6.45) is 0. The molecule has 0 saturated carbocycles. The number of primary amides is 1. The molecular weight excluding hydrogens is 178 g/mol. The molecule has 0 atom stereocenters. The Morgan fingerprint density at radius 2 is 1.83 bits per heavy atom. The first-order chi connectivity index (χ1) is 5.61. The van der Waals surface area contributed by atoms with Crippen molar-refractivity contribution >= 4 is 22.8 Å². The van der Waals surface area contributed by atoms with Gasteiger partial charge in [0.05, 0.1) is 0 Å². The molecule has 1 rings (SSSR count). The van der Waals surface area contributed by atoms with Crippen LogP contribution in [0, 0.1) is 0 Å². The van der Waals surface area contributed by atoms with Crippen molar-refractivity contribution < 1.29 is 9.59 Å². The van der Waals surface area contributed by atoms with Gasteiger partial charge in [-0.3, -0.25) is 9.59 Å². The number of carbonyl (C=O) groups excluding carboxylic acids is 2. The minimum Gasteiger partial charge on any atom is -0.366 e. The molecule has 3 nitrogen and oxygen atoms in total. The van der Waals surface area contributed by atoms with Gasteiger partial charge in [-0.2, -0.15) is 0 Å². The Balaban J connectivity index is 3.12. The van der Waals surface area contributed by atoms with Gasteiger partial charge in [-0.1, -0.05) is 12.1 Å². The molecule has 0 aliphatic carbocycles. The highest BCUT2D eigenvalue weighted by molar-refractivity contribution is 6.67. The fourth-order valence-corrected chi connectivity index (χ4v) is 0.912. The summed E-state index contributed by atoms with van der Waals surface area (Å²) < 4.78 is 0. The molecule has 0 aromatic heterocycles. The molecule has 0 unspecified atom stereocenters. The quantitative estimate of drug-likeness (QED) is 0.700. The standard InChI is InChI=1S/C8H6ClNO2/c9-7(11)5-2-1-3-6(4-5)8(10)12/h1-4H,(H2,10,12). The maximum absolute atomic E-state index is 10.6. The van der Waals surface area contributed by atoms with Gasteiger partial charge in [0.1, 0.15) is 0 Å². The molecular formula is C8H6ClNO2. The van der Waals surface area contributed by atoms with Gasteiger partial charge in [0.25, 0.3) is 5.24 Å². The van der Waals surface area contributed by atoms with E-state index >= 15 is 0 Å². The number of amides is 1. The van der Waals surface area contributed by atoms with Crippen molar-refractivity contribution in [1.29, 1.82) is 0 Å². The van der Waals surface area contributed by atoms with Crippen molar-refractivity contribution in [2.75, 3.05) is 0 Å². The van der Waals surface area contributed by atoms with E-state index in [1.807, 2.05) is 0 Å². The summed E-state index contributed by atoms with van der Waals surface area (Å²) in [5, 5.41) is -0.599. The maximum Gasteiger partial charge on any atom is 0.252 e. The SMILES string of the molecule is NC(=O)c1cccc(C(=O)Cl)c1. The van der Waals surface area contributed by atoms with E-state index in [-0.39, 0.29) is 11.1 Å². The number of benzene rings is 1. The first-order valence-corrected chi connectivity index (χ1v) is 3.59. The van der Waals surface area contributed by atoms with Crippen molar-refractivity contribution in [3.8, 4) is 0 Å². The summed E-state index contributed by atoms with van der Waals surface area (Å²) >= 11 is 5.19. The van der Waals surface area contributed by atoms with E-state index in [1.165, 1.54) is 18.2 Å². The van der Waals surface area contributed by atoms with E-state index in [2.05, 4.69) is 0 Å². The zero-order chi connectivity index (χ0) is 9.14. The van der Waals surface area contributed by atoms with Crippen LogP contribution in [0.5, 0.6) is 0 Å². The van der Waals surface area contributed by atoms with E-state index in [0.29, 0.717) is 0 Å². The van der Waals surface area contributed by atoms with Crippen LogP contribution in [-0.4, -0.2) is 11.1 Å². The number of halogens is 1. The minimum absolute atomic E-state index is 0.271. The van der Waals surface area contributed by atoms with Crippen LogP contribution in [0.4, 0.5) is 0 Å².